The Bertz CT molecular complexity index is 432. The number of fused-ring (bicyclic) bond motifs is 1. The van der Waals surface area contributed by atoms with E-state index in [2.05, 4.69) is 46.7 Å². The van der Waals surface area contributed by atoms with Gasteiger partial charge in [0.25, 0.3) is 0 Å². The third-order valence-electron chi connectivity index (χ3n) is 4.44. The molecule has 2 fully saturated rings. The van der Waals surface area contributed by atoms with Gasteiger partial charge in [0.05, 0.1) is 12.3 Å². The third kappa shape index (κ3) is 2.29. The van der Waals surface area contributed by atoms with Crippen molar-refractivity contribution in [2.45, 2.75) is 18.8 Å². The number of nitrogen functional groups attached to an aromatic ring is 1. The van der Waals surface area contributed by atoms with Crippen molar-refractivity contribution >= 4 is 11.4 Å². The van der Waals surface area contributed by atoms with E-state index in [0.717, 1.165) is 18.9 Å². The number of hydrogen-bond donors (Lipinski definition) is 3. The predicted octanol–water partition coefficient (Wildman–Crippen LogP) is 0.459. The Morgan fingerprint density at radius 2 is 2.00 bits per heavy atom. The number of anilines is 2. The highest BCUT2D eigenvalue weighted by Crippen LogP contribution is 2.30. The SMILES string of the molecule is CN1CCC2C1NCNC2N(C)c1ccc(N)cc1. The molecule has 104 valence electrons. The number of likely N-dealkylation sites (tertiary alicyclic amines) is 1. The summed E-state index contributed by atoms with van der Waals surface area (Å²) in [6.07, 6.45) is 2.09. The van der Waals surface area contributed by atoms with Crippen molar-refractivity contribution in [3.05, 3.63) is 24.3 Å². The molecule has 5 heteroatoms. The fourth-order valence-corrected chi connectivity index (χ4v) is 3.33. The van der Waals surface area contributed by atoms with Gasteiger partial charge in [-0.25, -0.2) is 0 Å². The normalized spacial score (nSPS) is 31.2. The first-order valence-electron chi connectivity index (χ1n) is 6.92. The average molecular weight is 261 g/mol. The highest BCUT2D eigenvalue weighted by molar-refractivity contribution is 5.53. The van der Waals surface area contributed by atoms with Crippen LogP contribution in [0, 0.1) is 5.92 Å². The molecule has 2 aliphatic rings. The topological polar surface area (TPSA) is 56.6 Å². The Morgan fingerprint density at radius 1 is 1.26 bits per heavy atom. The minimum absolute atomic E-state index is 0.375. The van der Waals surface area contributed by atoms with E-state index in [-0.39, 0.29) is 0 Å². The number of hydrogen-bond acceptors (Lipinski definition) is 5. The van der Waals surface area contributed by atoms with Gasteiger partial charge in [-0.2, -0.15) is 0 Å². The van der Waals surface area contributed by atoms with Crippen LogP contribution in [0.4, 0.5) is 11.4 Å². The van der Waals surface area contributed by atoms with Crippen LogP contribution in [0.1, 0.15) is 6.42 Å². The summed E-state index contributed by atoms with van der Waals surface area (Å²) in [5, 5.41) is 7.13. The summed E-state index contributed by atoms with van der Waals surface area (Å²) in [6.45, 7) is 2.02. The number of nitrogens with zero attached hydrogens (tertiary/aromatic N) is 2. The smallest absolute Gasteiger partial charge is 0.0859 e. The number of rotatable bonds is 2. The molecule has 1 aromatic rings. The lowest BCUT2D eigenvalue weighted by Crippen LogP contribution is -2.63. The van der Waals surface area contributed by atoms with E-state index >= 15 is 0 Å². The van der Waals surface area contributed by atoms with Crippen molar-refractivity contribution < 1.29 is 0 Å². The van der Waals surface area contributed by atoms with E-state index < -0.39 is 0 Å². The molecule has 19 heavy (non-hydrogen) atoms. The van der Waals surface area contributed by atoms with E-state index in [1.165, 1.54) is 12.1 Å². The Hall–Kier alpha value is -1.30. The van der Waals surface area contributed by atoms with Gasteiger partial charge < -0.3 is 10.6 Å². The zero-order chi connectivity index (χ0) is 13.4. The van der Waals surface area contributed by atoms with Crippen molar-refractivity contribution in [2.24, 2.45) is 5.92 Å². The molecule has 2 heterocycles. The van der Waals surface area contributed by atoms with Gasteiger partial charge in [0.2, 0.25) is 0 Å². The second-order valence-electron chi connectivity index (χ2n) is 5.61. The first kappa shape index (κ1) is 12.7. The largest absolute Gasteiger partial charge is 0.399 e. The molecular formula is C14H23N5. The molecule has 2 aliphatic heterocycles. The molecule has 0 amide bonds. The van der Waals surface area contributed by atoms with Crippen molar-refractivity contribution in [3.63, 3.8) is 0 Å². The average Bonchev–Trinajstić information content (AvgIpc) is 2.81. The van der Waals surface area contributed by atoms with E-state index in [9.17, 15) is 0 Å². The van der Waals surface area contributed by atoms with Gasteiger partial charge in [-0.3, -0.25) is 15.5 Å². The van der Waals surface area contributed by atoms with Crippen LogP contribution in [-0.2, 0) is 0 Å². The lowest BCUT2D eigenvalue weighted by atomic mass is 9.98. The zero-order valence-corrected chi connectivity index (χ0v) is 11.6. The van der Waals surface area contributed by atoms with Gasteiger partial charge in [0.1, 0.15) is 0 Å². The summed E-state index contributed by atoms with van der Waals surface area (Å²) < 4.78 is 0. The van der Waals surface area contributed by atoms with Crippen molar-refractivity contribution in [1.82, 2.24) is 15.5 Å². The molecule has 0 aliphatic carbocycles. The predicted molar refractivity (Wildman–Crippen MR) is 78.7 cm³/mol. The van der Waals surface area contributed by atoms with E-state index in [0.29, 0.717) is 18.2 Å². The van der Waals surface area contributed by atoms with Crippen LogP contribution in [0.25, 0.3) is 0 Å². The molecule has 5 nitrogen and oxygen atoms in total. The van der Waals surface area contributed by atoms with Crippen LogP contribution < -0.4 is 21.3 Å². The van der Waals surface area contributed by atoms with Crippen LogP contribution >= 0.6 is 0 Å². The van der Waals surface area contributed by atoms with Crippen LogP contribution in [0.3, 0.4) is 0 Å². The van der Waals surface area contributed by atoms with Crippen molar-refractivity contribution in [1.29, 1.82) is 0 Å². The monoisotopic (exact) mass is 261 g/mol. The summed E-state index contributed by atoms with van der Waals surface area (Å²) in [5.74, 6) is 0.612. The van der Waals surface area contributed by atoms with Gasteiger partial charge in [-0.15, -0.1) is 0 Å². The standard InChI is InChI=1S/C14H23N5/c1-18-8-7-12-13(18)16-9-17-14(12)19(2)11-5-3-10(15)4-6-11/h3-6,12-14,16-17H,7-9,15H2,1-2H3. The fraction of sp³-hybridized carbons (Fsp3) is 0.571. The van der Waals surface area contributed by atoms with Crippen LogP contribution in [0.2, 0.25) is 0 Å². The second kappa shape index (κ2) is 5.00. The maximum Gasteiger partial charge on any atom is 0.0859 e. The van der Waals surface area contributed by atoms with Gasteiger partial charge in [0.15, 0.2) is 0 Å². The van der Waals surface area contributed by atoms with Crippen LogP contribution in [0.5, 0.6) is 0 Å². The minimum Gasteiger partial charge on any atom is -0.399 e. The molecule has 0 radical (unpaired) electrons. The van der Waals surface area contributed by atoms with Crippen LogP contribution in [0.15, 0.2) is 24.3 Å². The maximum atomic E-state index is 5.76. The molecule has 3 rings (SSSR count). The summed E-state index contributed by atoms with van der Waals surface area (Å²) >= 11 is 0. The Kier molecular flexibility index (Phi) is 3.35. The molecule has 2 saturated heterocycles. The lowest BCUT2D eigenvalue weighted by molar-refractivity contribution is 0.150. The highest BCUT2D eigenvalue weighted by Gasteiger charge is 2.41. The fourth-order valence-electron chi connectivity index (χ4n) is 3.33. The molecular weight excluding hydrogens is 238 g/mol. The van der Waals surface area contributed by atoms with E-state index in [1.54, 1.807) is 0 Å². The molecule has 0 spiro atoms. The van der Waals surface area contributed by atoms with Gasteiger partial charge in [-0.1, -0.05) is 0 Å². The highest BCUT2D eigenvalue weighted by atomic mass is 15.4. The summed E-state index contributed by atoms with van der Waals surface area (Å²) in [7, 11) is 4.35. The van der Waals surface area contributed by atoms with E-state index in [1.807, 2.05) is 12.1 Å². The first-order chi connectivity index (χ1) is 9.16. The van der Waals surface area contributed by atoms with Gasteiger partial charge in [-0.05, 0) is 44.3 Å². The molecule has 0 aromatic heterocycles. The van der Waals surface area contributed by atoms with E-state index in [4.69, 9.17) is 5.73 Å². The maximum absolute atomic E-state index is 5.76. The Morgan fingerprint density at radius 3 is 2.74 bits per heavy atom. The minimum atomic E-state index is 0.375. The number of benzene rings is 1. The Labute approximate surface area is 114 Å². The molecule has 3 atom stereocenters. The zero-order valence-electron chi connectivity index (χ0n) is 11.6. The Balaban J connectivity index is 1.79. The summed E-state index contributed by atoms with van der Waals surface area (Å²) in [4.78, 5) is 4.74. The van der Waals surface area contributed by atoms with Gasteiger partial charge >= 0.3 is 0 Å². The van der Waals surface area contributed by atoms with Crippen molar-refractivity contribution in [3.8, 4) is 0 Å². The summed E-state index contributed by atoms with van der Waals surface area (Å²) in [5.41, 5.74) is 7.78. The number of nitrogens with one attached hydrogen (secondary N) is 2. The number of nitrogens with two attached hydrogens (primary N) is 1. The molecule has 0 saturated carbocycles. The second-order valence-corrected chi connectivity index (χ2v) is 5.61. The van der Waals surface area contributed by atoms with Gasteiger partial charge in [0, 0.05) is 31.0 Å². The quantitative estimate of drug-likeness (QED) is 0.675. The molecule has 1 aromatic carbocycles. The lowest BCUT2D eigenvalue weighted by Gasteiger charge is -2.42. The molecule has 3 unspecified atom stereocenters. The third-order valence-corrected chi connectivity index (χ3v) is 4.44. The first-order valence-corrected chi connectivity index (χ1v) is 6.92. The van der Waals surface area contributed by atoms with Crippen molar-refractivity contribution in [2.75, 3.05) is 37.9 Å². The molecule has 0 bridgehead atoms. The molecule has 4 N–H and O–H groups in total. The summed E-state index contributed by atoms with van der Waals surface area (Å²) in [6, 6.07) is 8.11. The van der Waals surface area contributed by atoms with Crippen LogP contribution in [-0.4, -0.2) is 44.5 Å².